The fraction of sp³-hybridized carbons (Fsp3) is 0.333. The number of amides is 1. The van der Waals surface area contributed by atoms with Crippen molar-refractivity contribution in [3.8, 4) is 0 Å². The number of fused-ring (bicyclic) bond motifs is 1. The van der Waals surface area contributed by atoms with E-state index in [4.69, 9.17) is 27.9 Å². The molecule has 1 fully saturated rings. The van der Waals surface area contributed by atoms with Gasteiger partial charge in [-0.1, -0.05) is 40.6 Å². The Balaban J connectivity index is 0.00000306. The lowest BCUT2D eigenvalue weighted by Crippen LogP contribution is -2.43. The maximum atomic E-state index is 13.5. The van der Waals surface area contributed by atoms with E-state index in [-0.39, 0.29) is 33.8 Å². The minimum absolute atomic E-state index is 0. The molecule has 1 aliphatic rings. The Bertz CT molecular complexity index is 1260. The van der Waals surface area contributed by atoms with Gasteiger partial charge in [0.15, 0.2) is 15.0 Å². The van der Waals surface area contributed by atoms with Gasteiger partial charge in [-0.05, 0) is 30.3 Å². The number of carbonyl (C=O) groups is 1. The molecule has 0 aliphatic carbocycles. The predicted octanol–water partition coefficient (Wildman–Crippen LogP) is 4.41. The zero-order chi connectivity index (χ0) is 22.9. The molecule has 12 heteroatoms. The quantitative estimate of drug-likeness (QED) is 0.452. The van der Waals surface area contributed by atoms with Crippen LogP contribution < -0.4 is 4.90 Å². The molecule has 4 rings (SSSR count). The van der Waals surface area contributed by atoms with Gasteiger partial charge in [-0.15, -0.1) is 12.4 Å². The first-order valence-electron chi connectivity index (χ1n) is 9.90. The monoisotopic (exact) mass is 549 g/mol. The van der Waals surface area contributed by atoms with Gasteiger partial charge < -0.3 is 4.74 Å². The first kappa shape index (κ1) is 26.2. The number of halogens is 3. The van der Waals surface area contributed by atoms with Crippen LogP contribution in [0.5, 0.6) is 0 Å². The lowest BCUT2D eigenvalue weighted by Gasteiger charge is -2.29. The fourth-order valence-electron chi connectivity index (χ4n) is 3.48. The van der Waals surface area contributed by atoms with Crippen molar-refractivity contribution < 1.29 is 17.9 Å². The zero-order valence-electron chi connectivity index (χ0n) is 17.7. The standard InChI is InChI=1S/C21H21Cl2N3O4S2.ClH/c1-32(28,29)18-4-2-3-17-19(18)24-21(31-17)26(8-7-25-9-11-30-12-10-25)20(27)15-13-14(22)5-6-16(15)23;/h2-6,13H,7-12H2,1H3;1H. The SMILES string of the molecule is CS(=O)(=O)c1cccc2sc(N(CCN3CCOCC3)C(=O)c3cc(Cl)ccc3Cl)nc12.Cl. The molecule has 0 saturated carbocycles. The third-order valence-corrected chi connectivity index (χ3v) is 7.89. The van der Waals surface area contributed by atoms with E-state index < -0.39 is 9.84 Å². The molecule has 3 aromatic rings. The summed E-state index contributed by atoms with van der Waals surface area (Å²) in [7, 11) is -3.48. The van der Waals surface area contributed by atoms with Crippen LogP contribution in [0.1, 0.15) is 10.4 Å². The smallest absolute Gasteiger partial charge is 0.261 e. The Morgan fingerprint density at radius 1 is 1.21 bits per heavy atom. The summed E-state index contributed by atoms with van der Waals surface area (Å²) in [4.78, 5) is 22.0. The van der Waals surface area contributed by atoms with Crippen LogP contribution in [0.15, 0.2) is 41.3 Å². The van der Waals surface area contributed by atoms with Crippen LogP contribution in [0.2, 0.25) is 10.0 Å². The molecule has 0 unspecified atom stereocenters. The number of benzene rings is 2. The van der Waals surface area contributed by atoms with E-state index in [1.165, 1.54) is 23.5 Å². The second-order valence-electron chi connectivity index (χ2n) is 7.41. The summed E-state index contributed by atoms with van der Waals surface area (Å²) in [6.45, 7) is 3.81. The van der Waals surface area contributed by atoms with Crippen LogP contribution in [-0.4, -0.2) is 69.9 Å². The number of sulfone groups is 1. The minimum atomic E-state index is -3.48. The van der Waals surface area contributed by atoms with E-state index in [2.05, 4.69) is 9.88 Å². The van der Waals surface area contributed by atoms with Gasteiger partial charge in [0.05, 0.1) is 33.4 Å². The third-order valence-electron chi connectivity index (χ3n) is 5.15. The number of thiazole rings is 1. The summed E-state index contributed by atoms with van der Waals surface area (Å²) in [6, 6.07) is 9.72. The van der Waals surface area contributed by atoms with Crippen LogP contribution in [0.25, 0.3) is 10.2 Å². The summed E-state index contributed by atoms with van der Waals surface area (Å²) in [5.41, 5.74) is 0.625. The van der Waals surface area contributed by atoms with Crippen LogP contribution in [-0.2, 0) is 14.6 Å². The summed E-state index contributed by atoms with van der Waals surface area (Å²) < 4.78 is 30.5. The van der Waals surface area contributed by atoms with Crippen LogP contribution in [0, 0.1) is 0 Å². The van der Waals surface area contributed by atoms with Gasteiger partial charge >= 0.3 is 0 Å². The van der Waals surface area contributed by atoms with E-state index >= 15 is 0 Å². The van der Waals surface area contributed by atoms with Crippen LogP contribution >= 0.6 is 46.9 Å². The third kappa shape index (κ3) is 5.97. The minimum Gasteiger partial charge on any atom is -0.379 e. The first-order chi connectivity index (χ1) is 15.2. The van der Waals surface area contributed by atoms with Crippen molar-refractivity contribution in [3.05, 3.63) is 52.0 Å². The highest BCUT2D eigenvalue weighted by atomic mass is 35.5. The molecule has 7 nitrogen and oxygen atoms in total. The highest BCUT2D eigenvalue weighted by Crippen LogP contribution is 2.34. The van der Waals surface area contributed by atoms with Gasteiger partial charge in [-0.2, -0.15) is 0 Å². The molecular formula is C21H22Cl3N3O4S2. The van der Waals surface area contributed by atoms with Gasteiger partial charge in [-0.25, -0.2) is 13.4 Å². The predicted molar refractivity (Wildman–Crippen MR) is 135 cm³/mol. The van der Waals surface area contributed by atoms with Crippen LogP contribution in [0.3, 0.4) is 0 Å². The Labute approximate surface area is 212 Å². The summed E-state index contributed by atoms with van der Waals surface area (Å²) in [5, 5.41) is 1.09. The normalized spacial score (nSPS) is 14.8. The molecule has 0 bridgehead atoms. The van der Waals surface area contributed by atoms with Crippen LogP contribution in [0.4, 0.5) is 5.13 Å². The Hall–Kier alpha value is -1.46. The molecule has 1 aromatic heterocycles. The number of hydrogen-bond donors (Lipinski definition) is 0. The van der Waals surface area contributed by atoms with Crippen molar-refractivity contribution in [3.63, 3.8) is 0 Å². The van der Waals surface area contributed by atoms with E-state index in [0.717, 1.165) is 19.3 Å². The van der Waals surface area contributed by atoms with Gasteiger partial charge in [0.1, 0.15) is 5.52 Å². The van der Waals surface area contributed by atoms with E-state index in [9.17, 15) is 13.2 Å². The van der Waals surface area contributed by atoms with Gasteiger partial charge in [0, 0.05) is 37.5 Å². The van der Waals surface area contributed by atoms with Crippen molar-refractivity contribution in [2.45, 2.75) is 4.90 Å². The van der Waals surface area contributed by atoms with Crippen molar-refractivity contribution in [1.29, 1.82) is 0 Å². The highest BCUT2D eigenvalue weighted by Gasteiger charge is 2.26. The number of rotatable bonds is 6. The molecule has 0 N–H and O–H groups in total. The number of anilines is 1. The fourth-order valence-corrected chi connectivity index (χ4v) is 5.77. The van der Waals surface area contributed by atoms with E-state index in [1.807, 2.05) is 0 Å². The second kappa shape index (κ2) is 10.9. The van der Waals surface area contributed by atoms with Crippen molar-refractivity contribution >= 4 is 78.0 Å². The molecule has 0 radical (unpaired) electrons. The maximum absolute atomic E-state index is 13.5. The molecule has 1 saturated heterocycles. The number of ether oxygens (including phenoxy) is 1. The lowest BCUT2D eigenvalue weighted by atomic mass is 10.2. The van der Waals surface area contributed by atoms with Crippen molar-refractivity contribution in [2.24, 2.45) is 0 Å². The number of para-hydroxylation sites is 1. The molecule has 0 spiro atoms. The van der Waals surface area contributed by atoms with Crippen molar-refractivity contribution in [1.82, 2.24) is 9.88 Å². The maximum Gasteiger partial charge on any atom is 0.261 e. The summed E-state index contributed by atoms with van der Waals surface area (Å²) in [5.74, 6) is -0.342. The average molecular weight is 551 g/mol. The van der Waals surface area contributed by atoms with Gasteiger partial charge in [0.25, 0.3) is 5.91 Å². The van der Waals surface area contributed by atoms with E-state index in [0.29, 0.717) is 46.7 Å². The Morgan fingerprint density at radius 3 is 2.64 bits per heavy atom. The first-order valence-corrected chi connectivity index (χ1v) is 13.4. The van der Waals surface area contributed by atoms with Gasteiger partial charge in [-0.3, -0.25) is 14.6 Å². The molecule has 1 amide bonds. The lowest BCUT2D eigenvalue weighted by molar-refractivity contribution is 0.0391. The highest BCUT2D eigenvalue weighted by molar-refractivity contribution is 7.91. The summed E-state index contributed by atoms with van der Waals surface area (Å²) in [6.07, 6.45) is 1.15. The number of hydrogen-bond acceptors (Lipinski definition) is 7. The molecule has 2 heterocycles. The second-order valence-corrected chi connectivity index (χ2v) is 11.2. The number of aromatic nitrogens is 1. The Morgan fingerprint density at radius 2 is 1.94 bits per heavy atom. The number of nitrogens with zero attached hydrogens (tertiary/aromatic N) is 3. The zero-order valence-corrected chi connectivity index (χ0v) is 21.6. The largest absolute Gasteiger partial charge is 0.379 e. The number of morpholine rings is 1. The van der Waals surface area contributed by atoms with Gasteiger partial charge in [0.2, 0.25) is 0 Å². The summed E-state index contributed by atoms with van der Waals surface area (Å²) >= 11 is 13.7. The molecule has 2 aromatic carbocycles. The molecular weight excluding hydrogens is 529 g/mol. The Kier molecular flexibility index (Phi) is 8.60. The number of carbonyl (C=O) groups excluding carboxylic acids is 1. The average Bonchev–Trinajstić information content (AvgIpc) is 3.19. The molecule has 0 atom stereocenters. The topological polar surface area (TPSA) is 79.8 Å². The molecule has 178 valence electrons. The van der Waals surface area contributed by atoms with Crippen molar-refractivity contribution in [2.75, 3.05) is 50.5 Å². The van der Waals surface area contributed by atoms with E-state index in [1.54, 1.807) is 29.2 Å². The molecule has 33 heavy (non-hydrogen) atoms. The molecule has 1 aliphatic heterocycles.